The first-order valence-corrected chi connectivity index (χ1v) is 14.9. The zero-order valence-electron chi connectivity index (χ0n) is 25.3. The summed E-state index contributed by atoms with van der Waals surface area (Å²) in [5.74, 6) is 0. The average Bonchev–Trinajstić information content (AvgIpc) is 3.36. The molecule has 3 aromatic carbocycles. The summed E-state index contributed by atoms with van der Waals surface area (Å²) in [4.78, 5) is 0. The molecule has 4 nitrogen and oxygen atoms in total. The molecule has 2 aliphatic rings. The van der Waals surface area contributed by atoms with Gasteiger partial charge in [-0.05, 0) is 107 Å². The Balaban J connectivity index is 1.53. The van der Waals surface area contributed by atoms with Crippen LogP contribution in [0.3, 0.4) is 0 Å². The van der Waals surface area contributed by atoms with Crippen molar-refractivity contribution in [1.29, 1.82) is 0 Å². The molecule has 0 heterocycles. The van der Waals surface area contributed by atoms with Gasteiger partial charge in [-0.3, -0.25) is 0 Å². The average molecular weight is 577 g/mol. The van der Waals surface area contributed by atoms with E-state index >= 15 is 0 Å². The highest BCUT2D eigenvalue weighted by Crippen LogP contribution is 2.47. The Labute approximate surface area is 261 Å². The summed E-state index contributed by atoms with van der Waals surface area (Å²) in [5, 5.41) is 0. The number of hydrogen-bond donors (Lipinski definition) is 4. The SMILES string of the molecule is C=C\C=C(N)/C(/C=C\CC1=Cc2c(cc(C/C=C3/c4ccccc4-c4cccc(N)c43)c(C=C)c2N)C/C1=C\C=C/N)=C\C. The van der Waals surface area contributed by atoms with Crippen LogP contribution in [0.5, 0.6) is 0 Å². The molecule has 44 heavy (non-hydrogen) atoms. The van der Waals surface area contributed by atoms with E-state index < -0.39 is 0 Å². The third-order valence-electron chi connectivity index (χ3n) is 8.32. The Kier molecular flexibility index (Phi) is 9.01. The van der Waals surface area contributed by atoms with Gasteiger partial charge in [0.25, 0.3) is 0 Å². The summed E-state index contributed by atoms with van der Waals surface area (Å²) < 4.78 is 0. The number of nitrogen functional groups attached to an aromatic ring is 2. The summed E-state index contributed by atoms with van der Waals surface area (Å²) in [6.07, 6.45) is 23.7. The van der Waals surface area contributed by atoms with Crippen LogP contribution in [0.15, 0.2) is 139 Å². The van der Waals surface area contributed by atoms with E-state index in [0.717, 1.165) is 57.6 Å². The van der Waals surface area contributed by atoms with Crippen LogP contribution in [-0.2, 0) is 12.8 Å². The van der Waals surface area contributed by atoms with E-state index in [1.165, 1.54) is 33.4 Å². The van der Waals surface area contributed by atoms with Crippen LogP contribution >= 0.6 is 0 Å². The van der Waals surface area contributed by atoms with Gasteiger partial charge in [0, 0.05) is 33.8 Å². The molecular formula is C40H40N4. The minimum Gasteiger partial charge on any atom is -0.405 e. The fraction of sp³-hybridized carbons (Fsp3) is 0.100. The van der Waals surface area contributed by atoms with Gasteiger partial charge in [0.2, 0.25) is 0 Å². The number of benzene rings is 3. The highest BCUT2D eigenvalue weighted by atomic mass is 14.6. The minimum absolute atomic E-state index is 0.679. The van der Waals surface area contributed by atoms with Crippen molar-refractivity contribution in [3.63, 3.8) is 0 Å². The number of anilines is 2. The molecule has 0 unspecified atom stereocenters. The van der Waals surface area contributed by atoms with E-state index in [0.29, 0.717) is 12.1 Å². The first-order chi connectivity index (χ1) is 21.4. The summed E-state index contributed by atoms with van der Waals surface area (Å²) in [7, 11) is 0. The van der Waals surface area contributed by atoms with Gasteiger partial charge in [-0.1, -0.05) is 98.2 Å². The molecule has 0 saturated heterocycles. The van der Waals surface area contributed by atoms with Gasteiger partial charge in [-0.2, -0.15) is 0 Å². The Morgan fingerprint density at radius 2 is 1.75 bits per heavy atom. The smallest absolute Gasteiger partial charge is 0.0466 e. The van der Waals surface area contributed by atoms with E-state index in [9.17, 15) is 0 Å². The van der Waals surface area contributed by atoms with Crippen molar-refractivity contribution < 1.29 is 0 Å². The van der Waals surface area contributed by atoms with Crippen molar-refractivity contribution >= 4 is 29.1 Å². The molecule has 0 radical (unpaired) electrons. The van der Waals surface area contributed by atoms with Crippen LogP contribution in [0.1, 0.15) is 46.7 Å². The number of fused-ring (bicyclic) bond motifs is 4. The second kappa shape index (κ2) is 13.2. The number of allylic oxidation sites excluding steroid dienone is 10. The Morgan fingerprint density at radius 1 is 0.977 bits per heavy atom. The lowest BCUT2D eigenvalue weighted by Crippen LogP contribution is -2.09. The molecule has 5 rings (SSSR count). The van der Waals surface area contributed by atoms with Gasteiger partial charge in [0.15, 0.2) is 0 Å². The molecule has 0 aromatic heterocycles. The Hall–Kier alpha value is -5.48. The summed E-state index contributed by atoms with van der Waals surface area (Å²) in [5.41, 5.74) is 41.0. The van der Waals surface area contributed by atoms with Crippen LogP contribution < -0.4 is 22.9 Å². The normalized spacial score (nSPS) is 16.3. The standard InChI is InChI=1S/C40H40N4/c1-4-12-37(42)26(5-2)13-9-14-28-25-36-30(23-27(28)15-11-22-41)24-29(31(6-3)40(36)44)20-21-35-33-17-8-7-16-32(33)34-18-10-19-38(43)39(34)35/h4-13,15-19,21-22,24-25H,1,3,14,20,23,41-44H2,2H3/b13-9-,22-11-,26-5-,27-15+,35-21-,37-12+. The van der Waals surface area contributed by atoms with E-state index in [2.05, 4.69) is 73.9 Å². The van der Waals surface area contributed by atoms with Crippen molar-refractivity contribution in [2.45, 2.75) is 26.2 Å². The van der Waals surface area contributed by atoms with Crippen molar-refractivity contribution in [3.05, 3.63) is 172 Å². The lowest BCUT2D eigenvalue weighted by molar-refractivity contribution is 1.07. The topological polar surface area (TPSA) is 104 Å². The van der Waals surface area contributed by atoms with Gasteiger partial charge < -0.3 is 22.9 Å². The van der Waals surface area contributed by atoms with E-state index in [1.807, 2.05) is 43.4 Å². The molecule has 8 N–H and O–H groups in total. The summed E-state index contributed by atoms with van der Waals surface area (Å²) in [6.45, 7) is 9.85. The van der Waals surface area contributed by atoms with Gasteiger partial charge in [-0.25, -0.2) is 0 Å². The fourth-order valence-electron chi connectivity index (χ4n) is 6.20. The maximum Gasteiger partial charge on any atom is 0.0466 e. The maximum absolute atomic E-state index is 6.89. The molecule has 0 fully saturated rings. The number of nitrogens with two attached hydrogens (primary N) is 4. The molecule has 2 aliphatic carbocycles. The van der Waals surface area contributed by atoms with Gasteiger partial charge in [-0.15, -0.1) is 0 Å². The third kappa shape index (κ3) is 5.75. The van der Waals surface area contributed by atoms with Gasteiger partial charge >= 0.3 is 0 Å². The van der Waals surface area contributed by atoms with Crippen LogP contribution in [-0.4, -0.2) is 0 Å². The summed E-state index contributed by atoms with van der Waals surface area (Å²) >= 11 is 0. The zero-order chi connectivity index (χ0) is 31.2. The predicted octanol–water partition coefficient (Wildman–Crippen LogP) is 8.41. The van der Waals surface area contributed by atoms with Crippen molar-refractivity contribution in [3.8, 4) is 11.1 Å². The molecule has 220 valence electrons. The fourth-order valence-corrected chi connectivity index (χ4v) is 6.20. The molecule has 4 heteroatoms. The van der Waals surface area contributed by atoms with Crippen molar-refractivity contribution in [1.82, 2.24) is 0 Å². The Bertz CT molecular complexity index is 1850. The monoisotopic (exact) mass is 576 g/mol. The van der Waals surface area contributed by atoms with E-state index in [-0.39, 0.29) is 0 Å². The van der Waals surface area contributed by atoms with Gasteiger partial charge in [0.1, 0.15) is 0 Å². The van der Waals surface area contributed by atoms with E-state index in [4.69, 9.17) is 22.9 Å². The molecule has 0 saturated carbocycles. The first-order valence-electron chi connectivity index (χ1n) is 14.9. The highest BCUT2D eigenvalue weighted by molar-refractivity contribution is 6.04. The lowest BCUT2D eigenvalue weighted by atomic mass is 9.82. The minimum atomic E-state index is 0.679. The largest absolute Gasteiger partial charge is 0.405 e. The van der Waals surface area contributed by atoms with Crippen molar-refractivity contribution in [2.75, 3.05) is 11.5 Å². The predicted molar refractivity (Wildman–Crippen MR) is 191 cm³/mol. The maximum atomic E-state index is 6.89. The molecule has 0 spiro atoms. The van der Waals surface area contributed by atoms with Crippen LogP contribution in [0.2, 0.25) is 0 Å². The highest BCUT2D eigenvalue weighted by Gasteiger charge is 2.25. The molecule has 0 aliphatic heterocycles. The van der Waals surface area contributed by atoms with E-state index in [1.54, 1.807) is 18.4 Å². The number of hydrogen-bond acceptors (Lipinski definition) is 4. The molecule has 0 amide bonds. The summed E-state index contributed by atoms with van der Waals surface area (Å²) in [6, 6.07) is 16.9. The van der Waals surface area contributed by atoms with Gasteiger partial charge in [0.05, 0.1) is 0 Å². The lowest BCUT2D eigenvalue weighted by Gasteiger charge is -2.23. The second-order valence-corrected chi connectivity index (χ2v) is 10.9. The molecule has 0 atom stereocenters. The second-order valence-electron chi connectivity index (χ2n) is 10.9. The molecule has 3 aromatic rings. The van der Waals surface area contributed by atoms with Crippen LogP contribution in [0, 0.1) is 0 Å². The third-order valence-corrected chi connectivity index (χ3v) is 8.32. The zero-order valence-corrected chi connectivity index (χ0v) is 25.3. The number of rotatable bonds is 9. The molecule has 0 bridgehead atoms. The Morgan fingerprint density at radius 3 is 2.48 bits per heavy atom. The van der Waals surface area contributed by atoms with Crippen LogP contribution in [0.4, 0.5) is 11.4 Å². The van der Waals surface area contributed by atoms with Crippen LogP contribution in [0.25, 0.3) is 28.9 Å². The quantitative estimate of drug-likeness (QED) is 0.119. The van der Waals surface area contributed by atoms with Crippen molar-refractivity contribution in [2.24, 2.45) is 11.5 Å². The molecular weight excluding hydrogens is 536 g/mol. The first kappa shape index (κ1) is 30.0.